The van der Waals surface area contributed by atoms with E-state index in [1.807, 2.05) is 6.07 Å². The highest BCUT2D eigenvalue weighted by molar-refractivity contribution is 5.62. The minimum atomic E-state index is -0.266. The molecule has 0 atom stereocenters. The van der Waals surface area contributed by atoms with Crippen molar-refractivity contribution in [1.82, 2.24) is 14.6 Å². The van der Waals surface area contributed by atoms with Gasteiger partial charge in [-0.25, -0.2) is 13.9 Å². The van der Waals surface area contributed by atoms with E-state index in [-0.39, 0.29) is 5.82 Å². The lowest BCUT2D eigenvalue weighted by atomic mass is 10.2. The van der Waals surface area contributed by atoms with Gasteiger partial charge in [0.25, 0.3) is 0 Å². The number of hydrogen-bond acceptors (Lipinski definition) is 3. The smallest absolute Gasteiger partial charge is 0.231 e. The van der Waals surface area contributed by atoms with E-state index in [1.54, 1.807) is 28.9 Å². The summed E-state index contributed by atoms with van der Waals surface area (Å²) in [5.41, 5.74) is 2.37. The van der Waals surface area contributed by atoms with Gasteiger partial charge in [-0.15, -0.1) is 5.10 Å². The SMILES string of the molecule is [CH2]CCCOc1ccc2ncc(-c3ccc(F)cc3)n2n1. The number of aromatic nitrogens is 3. The van der Waals surface area contributed by atoms with Crippen molar-refractivity contribution in [3.05, 3.63) is 55.3 Å². The molecule has 107 valence electrons. The summed E-state index contributed by atoms with van der Waals surface area (Å²) in [7, 11) is 0. The molecule has 3 aromatic rings. The van der Waals surface area contributed by atoms with Crippen LogP contribution in [0.2, 0.25) is 0 Å². The Morgan fingerprint density at radius 1 is 1.14 bits per heavy atom. The zero-order valence-electron chi connectivity index (χ0n) is 11.5. The number of unbranched alkanes of at least 4 members (excludes halogenated alkanes) is 1. The predicted molar refractivity (Wildman–Crippen MR) is 78.5 cm³/mol. The molecule has 0 saturated carbocycles. The van der Waals surface area contributed by atoms with Gasteiger partial charge in [0.05, 0.1) is 18.5 Å². The molecule has 0 aliphatic rings. The first-order valence-electron chi connectivity index (χ1n) is 6.81. The molecule has 3 rings (SSSR count). The van der Waals surface area contributed by atoms with Crippen molar-refractivity contribution in [3.8, 4) is 17.1 Å². The Morgan fingerprint density at radius 2 is 1.95 bits per heavy atom. The number of halogens is 1. The second-order valence-corrected chi connectivity index (χ2v) is 4.65. The van der Waals surface area contributed by atoms with Crippen LogP contribution in [0.3, 0.4) is 0 Å². The third kappa shape index (κ3) is 2.86. The molecule has 1 radical (unpaired) electrons. The van der Waals surface area contributed by atoms with Crippen LogP contribution in [-0.2, 0) is 0 Å². The highest BCUT2D eigenvalue weighted by Gasteiger charge is 2.08. The first kappa shape index (κ1) is 13.5. The van der Waals surface area contributed by atoms with E-state index in [4.69, 9.17) is 4.74 Å². The summed E-state index contributed by atoms with van der Waals surface area (Å²) in [6.07, 6.45) is 3.43. The summed E-state index contributed by atoms with van der Waals surface area (Å²) in [6.45, 7) is 4.36. The quantitative estimate of drug-likeness (QED) is 0.673. The molecular weight excluding hydrogens is 269 g/mol. The average Bonchev–Trinajstić information content (AvgIpc) is 2.92. The van der Waals surface area contributed by atoms with Crippen molar-refractivity contribution in [2.45, 2.75) is 12.8 Å². The lowest BCUT2D eigenvalue weighted by Gasteiger charge is -2.06. The molecule has 2 heterocycles. The van der Waals surface area contributed by atoms with E-state index in [9.17, 15) is 4.39 Å². The zero-order chi connectivity index (χ0) is 14.7. The van der Waals surface area contributed by atoms with E-state index < -0.39 is 0 Å². The summed E-state index contributed by atoms with van der Waals surface area (Å²) < 4.78 is 20.3. The van der Waals surface area contributed by atoms with Gasteiger partial charge < -0.3 is 4.74 Å². The van der Waals surface area contributed by atoms with Crippen molar-refractivity contribution >= 4 is 5.65 Å². The molecule has 0 bridgehead atoms. The van der Waals surface area contributed by atoms with E-state index in [0.29, 0.717) is 12.5 Å². The fourth-order valence-electron chi connectivity index (χ4n) is 2.03. The Hall–Kier alpha value is -2.43. The highest BCUT2D eigenvalue weighted by atomic mass is 19.1. The van der Waals surface area contributed by atoms with Crippen LogP contribution in [0.1, 0.15) is 12.8 Å². The summed E-state index contributed by atoms with van der Waals surface area (Å²) in [6, 6.07) is 9.89. The number of benzene rings is 1. The molecule has 2 aromatic heterocycles. The van der Waals surface area contributed by atoms with Crippen molar-refractivity contribution < 1.29 is 9.13 Å². The summed E-state index contributed by atoms with van der Waals surface area (Å²) in [5, 5.41) is 4.42. The monoisotopic (exact) mass is 284 g/mol. The number of hydrogen-bond donors (Lipinski definition) is 0. The number of nitrogens with zero attached hydrogens (tertiary/aromatic N) is 3. The minimum absolute atomic E-state index is 0.266. The van der Waals surface area contributed by atoms with Gasteiger partial charge in [0.2, 0.25) is 5.88 Å². The Morgan fingerprint density at radius 3 is 2.71 bits per heavy atom. The van der Waals surface area contributed by atoms with Gasteiger partial charge in [0.1, 0.15) is 5.82 Å². The maximum Gasteiger partial charge on any atom is 0.231 e. The lowest BCUT2D eigenvalue weighted by Crippen LogP contribution is -2.02. The van der Waals surface area contributed by atoms with Crippen molar-refractivity contribution in [3.63, 3.8) is 0 Å². The molecule has 0 aliphatic carbocycles. The fourth-order valence-corrected chi connectivity index (χ4v) is 2.03. The molecule has 1 aromatic carbocycles. The summed E-state index contributed by atoms with van der Waals surface area (Å²) >= 11 is 0. The maximum absolute atomic E-state index is 13.0. The molecular formula is C16H15FN3O. The highest BCUT2D eigenvalue weighted by Crippen LogP contribution is 2.21. The molecule has 0 N–H and O–H groups in total. The fraction of sp³-hybridized carbons (Fsp3) is 0.188. The van der Waals surface area contributed by atoms with Crippen molar-refractivity contribution in [2.75, 3.05) is 6.61 Å². The van der Waals surface area contributed by atoms with E-state index in [1.165, 1.54) is 12.1 Å². The molecule has 0 saturated heterocycles. The third-order valence-electron chi connectivity index (χ3n) is 3.12. The lowest BCUT2D eigenvalue weighted by molar-refractivity contribution is 0.295. The van der Waals surface area contributed by atoms with Crippen LogP contribution in [0.15, 0.2) is 42.6 Å². The van der Waals surface area contributed by atoms with E-state index in [0.717, 1.165) is 29.7 Å². The molecule has 0 amide bonds. The Kier molecular flexibility index (Phi) is 3.81. The minimum Gasteiger partial charge on any atom is -0.477 e. The molecule has 0 spiro atoms. The van der Waals surface area contributed by atoms with Crippen molar-refractivity contribution in [1.29, 1.82) is 0 Å². The second kappa shape index (κ2) is 5.91. The van der Waals surface area contributed by atoms with Gasteiger partial charge >= 0.3 is 0 Å². The van der Waals surface area contributed by atoms with Gasteiger partial charge in [-0.3, -0.25) is 0 Å². The maximum atomic E-state index is 13.0. The van der Waals surface area contributed by atoms with Crippen LogP contribution in [0.25, 0.3) is 16.9 Å². The Bertz CT molecular complexity index is 737. The number of imidazole rings is 1. The average molecular weight is 284 g/mol. The first-order chi connectivity index (χ1) is 10.3. The van der Waals surface area contributed by atoms with Crippen molar-refractivity contribution in [2.24, 2.45) is 0 Å². The van der Waals surface area contributed by atoms with Gasteiger partial charge in [-0.2, -0.15) is 0 Å². The van der Waals surface area contributed by atoms with Crippen LogP contribution in [0.5, 0.6) is 5.88 Å². The van der Waals surface area contributed by atoms with E-state index >= 15 is 0 Å². The van der Waals surface area contributed by atoms with Gasteiger partial charge in [0.15, 0.2) is 5.65 Å². The van der Waals surface area contributed by atoms with Crippen LogP contribution in [-0.4, -0.2) is 21.2 Å². The van der Waals surface area contributed by atoms with Gasteiger partial charge in [-0.1, -0.05) is 13.3 Å². The number of fused-ring (bicyclic) bond motifs is 1. The standard InChI is InChI=1S/C16H15FN3O/c1-2-3-10-21-16-9-8-15-18-11-14(20(15)19-16)12-4-6-13(17)7-5-12/h4-9,11H,1-3,10H2. The molecule has 4 nitrogen and oxygen atoms in total. The topological polar surface area (TPSA) is 39.4 Å². The number of ether oxygens (including phenoxy) is 1. The normalized spacial score (nSPS) is 11.0. The van der Waals surface area contributed by atoms with E-state index in [2.05, 4.69) is 17.0 Å². The zero-order valence-corrected chi connectivity index (χ0v) is 11.5. The molecule has 0 aliphatic heterocycles. The van der Waals surface area contributed by atoms with Crippen LogP contribution < -0.4 is 4.74 Å². The largest absolute Gasteiger partial charge is 0.477 e. The van der Waals surface area contributed by atoms with Crippen LogP contribution in [0, 0.1) is 12.7 Å². The van der Waals surface area contributed by atoms with Gasteiger partial charge in [0, 0.05) is 11.6 Å². The molecule has 0 fully saturated rings. The molecule has 0 unspecified atom stereocenters. The Labute approximate surface area is 122 Å². The van der Waals surface area contributed by atoms with Crippen LogP contribution in [0.4, 0.5) is 4.39 Å². The third-order valence-corrected chi connectivity index (χ3v) is 3.12. The number of rotatable bonds is 5. The summed E-state index contributed by atoms with van der Waals surface area (Å²) in [5.74, 6) is 0.273. The Balaban J connectivity index is 1.95. The summed E-state index contributed by atoms with van der Waals surface area (Å²) in [4.78, 5) is 4.30. The van der Waals surface area contributed by atoms with Crippen LogP contribution >= 0.6 is 0 Å². The second-order valence-electron chi connectivity index (χ2n) is 4.65. The predicted octanol–water partition coefficient (Wildman–Crippen LogP) is 3.53. The molecule has 5 heteroatoms. The first-order valence-corrected chi connectivity index (χ1v) is 6.81. The van der Waals surface area contributed by atoms with Gasteiger partial charge in [-0.05, 0) is 36.8 Å². The molecule has 21 heavy (non-hydrogen) atoms.